The van der Waals surface area contributed by atoms with E-state index in [1.807, 2.05) is 22.3 Å². The smallest absolute Gasteiger partial charge is 0.0372 e. The Morgan fingerprint density at radius 3 is 1.74 bits per heavy atom. The van der Waals surface area contributed by atoms with Gasteiger partial charge >= 0.3 is 0 Å². The molecule has 3 unspecified atom stereocenters. The summed E-state index contributed by atoms with van der Waals surface area (Å²) >= 11 is 0. The summed E-state index contributed by atoms with van der Waals surface area (Å²) in [6, 6.07) is 0. The molecule has 0 fully saturated rings. The predicted octanol–water partition coefficient (Wildman–Crippen LogP) is 10.7. The molecule has 34 heavy (non-hydrogen) atoms. The average molecular weight is 459 g/mol. The normalized spacial score (nSPS) is 33.9. The van der Waals surface area contributed by atoms with Crippen molar-refractivity contribution in [2.75, 3.05) is 0 Å². The van der Waals surface area contributed by atoms with Gasteiger partial charge in [0, 0.05) is 11.3 Å². The topological polar surface area (TPSA) is 0 Å². The Bertz CT molecular complexity index is 830. The molecule has 0 aromatic rings. The third-order valence-corrected chi connectivity index (χ3v) is 9.84. The number of hydrogen-bond acceptors (Lipinski definition) is 0. The lowest BCUT2D eigenvalue weighted by molar-refractivity contribution is 0.259. The van der Waals surface area contributed by atoms with E-state index >= 15 is 0 Å². The predicted molar refractivity (Wildman–Crippen MR) is 148 cm³/mol. The fourth-order valence-corrected chi connectivity index (χ4v) is 8.21. The second kappa shape index (κ2) is 12.1. The van der Waals surface area contributed by atoms with Crippen molar-refractivity contribution in [3.8, 4) is 0 Å². The maximum Gasteiger partial charge on any atom is 0.0372 e. The molecule has 0 radical (unpaired) electrons. The highest BCUT2D eigenvalue weighted by molar-refractivity contribution is 5.44. The number of allylic oxidation sites excluding steroid dienone is 10. The van der Waals surface area contributed by atoms with Crippen molar-refractivity contribution in [2.24, 2.45) is 17.3 Å². The summed E-state index contributed by atoms with van der Waals surface area (Å²) in [6.45, 7) is 0. The second-order valence-corrected chi connectivity index (χ2v) is 12.0. The molecule has 0 aromatic carbocycles. The average Bonchev–Trinajstić information content (AvgIpc) is 3.46. The highest BCUT2D eigenvalue weighted by Crippen LogP contribution is 2.59. The minimum atomic E-state index is 0.162. The summed E-state index contributed by atoms with van der Waals surface area (Å²) in [5.74, 6) is 1.41. The molecule has 0 saturated carbocycles. The third-order valence-electron chi connectivity index (χ3n) is 9.84. The fourth-order valence-electron chi connectivity index (χ4n) is 8.21. The maximum atomic E-state index is 2.80. The highest BCUT2D eigenvalue weighted by Gasteiger charge is 2.49. The fraction of sp³-hybridized carbons (Fsp3) is 0.706. The second-order valence-electron chi connectivity index (χ2n) is 12.0. The number of hydrogen-bond donors (Lipinski definition) is 0. The third kappa shape index (κ3) is 5.27. The monoisotopic (exact) mass is 458 g/mol. The van der Waals surface area contributed by atoms with E-state index in [1.165, 1.54) is 135 Å². The van der Waals surface area contributed by atoms with Crippen molar-refractivity contribution in [3.63, 3.8) is 0 Å². The van der Waals surface area contributed by atoms with E-state index in [4.69, 9.17) is 0 Å². The van der Waals surface area contributed by atoms with E-state index in [0.717, 1.165) is 5.92 Å². The summed E-state index contributed by atoms with van der Waals surface area (Å²) in [4.78, 5) is 0. The van der Waals surface area contributed by atoms with Crippen LogP contribution in [0, 0.1) is 17.3 Å². The molecule has 5 aliphatic rings. The molecule has 0 N–H and O–H groups in total. The molecule has 0 saturated heterocycles. The molecule has 0 aromatic heterocycles. The van der Waals surface area contributed by atoms with Crippen molar-refractivity contribution < 1.29 is 0 Å². The van der Waals surface area contributed by atoms with Gasteiger partial charge in [-0.2, -0.15) is 0 Å². The minimum Gasteiger partial charge on any atom is -0.0873 e. The Hall–Kier alpha value is -1.30. The molecule has 0 bridgehead atoms. The number of rotatable bonds is 4. The molecular weight excluding hydrogens is 408 g/mol. The van der Waals surface area contributed by atoms with Crippen LogP contribution in [0.15, 0.2) is 58.7 Å². The van der Waals surface area contributed by atoms with Crippen LogP contribution in [0.1, 0.15) is 135 Å². The highest BCUT2D eigenvalue weighted by atomic mass is 14.5. The maximum absolute atomic E-state index is 2.80. The lowest BCUT2D eigenvalue weighted by Crippen LogP contribution is -2.39. The molecule has 5 aliphatic carbocycles. The Morgan fingerprint density at radius 1 is 0.500 bits per heavy atom. The molecule has 0 heterocycles. The molecule has 0 aliphatic heterocycles. The van der Waals surface area contributed by atoms with E-state index in [2.05, 4.69) is 36.5 Å². The van der Waals surface area contributed by atoms with Crippen LogP contribution in [0.25, 0.3) is 0 Å². The summed E-state index contributed by atoms with van der Waals surface area (Å²) in [7, 11) is 0. The van der Waals surface area contributed by atoms with E-state index < -0.39 is 0 Å². The van der Waals surface area contributed by atoms with Gasteiger partial charge in [0.05, 0.1) is 0 Å². The molecule has 0 nitrogen and oxygen atoms in total. The summed E-state index contributed by atoms with van der Waals surface area (Å²) in [5, 5.41) is 0. The lowest BCUT2D eigenvalue weighted by Gasteiger charge is -2.48. The first-order valence-corrected chi connectivity index (χ1v) is 15.3. The largest absolute Gasteiger partial charge is 0.0873 e. The summed E-state index contributed by atoms with van der Waals surface area (Å²) in [6.07, 6.45) is 45.2. The molecule has 0 heteroatoms. The Balaban J connectivity index is 1.69. The first-order chi connectivity index (χ1) is 16.9. The van der Waals surface area contributed by atoms with Gasteiger partial charge in [0.15, 0.2) is 0 Å². The van der Waals surface area contributed by atoms with Gasteiger partial charge in [-0.25, -0.2) is 0 Å². The van der Waals surface area contributed by atoms with Crippen LogP contribution >= 0.6 is 0 Å². The molecule has 5 rings (SSSR count). The molecule has 3 atom stereocenters. The van der Waals surface area contributed by atoms with Crippen LogP contribution < -0.4 is 0 Å². The zero-order valence-corrected chi connectivity index (χ0v) is 22.0. The van der Waals surface area contributed by atoms with Crippen LogP contribution in [0.4, 0.5) is 0 Å². The van der Waals surface area contributed by atoms with Crippen LogP contribution in [-0.4, -0.2) is 0 Å². The van der Waals surface area contributed by atoms with Crippen molar-refractivity contribution >= 4 is 0 Å². The van der Waals surface area contributed by atoms with Crippen LogP contribution in [0.5, 0.6) is 0 Å². The first-order valence-electron chi connectivity index (χ1n) is 15.3. The van der Waals surface area contributed by atoms with E-state index in [1.54, 1.807) is 0 Å². The van der Waals surface area contributed by atoms with E-state index in [0.29, 0.717) is 5.92 Å². The Kier molecular flexibility index (Phi) is 8.68. The van der Waals surface area contributed by atoms with Crippen molar-refractivity contribution in [3.05, 3.63) is 58.7 Å². The summed E-state index contributed by atoms with van der Waals surface area (Å²) < 4.78 is 0. The van der Waals surface area contributed by atoms with Crippen LogP contribution in [-0.2, 0) is 0 Å². The molecule has 0 amide bonds. The Labute approximate surface area is 210 Å². The molecule has 0 spiro atoms. The van der Waals surface area contributed by atoms with Gasteiger partial charge in [-0.05, 0) is 121 Å². The van der Waals surface area contributed by atoms with Gasteiger partial charge in [-0.1, -0.05) is 78.0 Å². The van der Waals surface area contributed by atoms with Crippen molar-refractivity contribution in [2.45, 2.75) is 135 Å². The molecule has 186 valence electrons. The van der Waals surface area contributed by atoms with Gasteiger partial charge < -0.3 is 0 Å². The minimum absolute atomic E-state index is 0.162. The van der Waals surface area contributed by atoms with Crippen molar-refractivity contribution in [1.82, 2.24) is 0 Å². The van der Waals surface area contributed by atoms with Gasteiger partial charge in [0.2, 0.25) is 0 Å². The molecular formula is C34H50. The standard InChI is InChI=1S/C34H50/c1-2-9-19-28(18-8-1)32-26-16-17-27-34(31-24-14-7-15-25-31,30-22-12-5-6-13-23-30)33(32)29-20-10-3-4-11-21-29/h17-18,20,22,24,27,32-33H,1-16,19,21,23,25-26H2. The Morgan fingerprint density at radius 2 is 1.03 bits per heavy atom. The van der Waals surface area contributed by atoms with Crippen LogP contribution in [0.2, 0.25) is 0 Å². The lowest BCUT2D eigenvalue weighted by atomic mass is 9.55. The SMILES string of the molecule is C1=CC(C2=CCCCC2)(C2=CCCCCC2)C(C2=CCCCCC2)C(C2=CCCCCC2)CC1. The van der Waals surface area contributed by atoms with E-state index in [-0.39, 0.29) is 5.41 Å². The quantitative estimate of drug-likeness (QED) is 0.367. The van der Waals surface area contributed by atoms with Gasteiger partial charge in [-0.15, -0.1) is 0 Å². The van der Waals surface area contributed by atoms with E-state index in [9.17, 15) is 0 Å². The van der Waals surface area contributed by atoms with Crippen LogP contribution in [0.3, 0.4) is 0 Å². The zero-order valence-electron chi connectivity index (χ0n) is 22.0. The summed E-state index contributed by atoms with van der Waals surface area (Å²) in [5.41, 5.74) is 7.52. The first kappa shape index (κ1) is 24.4. The van der Waals surface area contributed by atoms with Gasteiger partial charge in [0.1, 0.15) is 0 Å². The van der Waals surface area contributed by atoms with Gasteiger partial charge in [-0.3, -0.25) is 0 Å². The van der Waals surface area contributed by atoms with Gasteiger partial charge in [0.25, 0.3) is 0 Å². The van der Waals surface area contributed by atoms with Crippen molar-refractivity contribution in [1.29, 1.82) is 0 Å². The zero-order chi connectivity index (χ0) is 23.1.